The van der Waals surface area contributed by atoms with Crippen molar-refractivity contribution >= 4 is 15.9 Å². The van der Waals surface area contributed by atoms with Gasteiger partial charge >= 0.3 is 0 Å². The van der Waals surface area contributed by atoms with Crippen LogP contribution in [0.2, 0.25) is 0 Å². The van der Waals surface area contributed by atoms with E-state index in [-0.39, 0.29) is 18.2 Å². The molecule has 0 atom stereocenters. The number of hydrogen-bond donors (Lipinski definition) is 0. The third-order valence-electron chi connectivity index (χ3n) is 2.81. The Bertz CT molecular complexity index is 790. The summed E-state index contributed by atoms with van der Waals surface area (Å²) in [6, 6.07) is 10.7. The fourth-order valence-corrected chi connectivity index (χ4v) is 2.00. The fraction of sp³-hybridized carbons (Fsp3) is 0.0667. The van der Waals surface area contributed by atoms with Crippen LogP contribution in [0.25, 0.3) is 11.5 Å². The maximum atomic E-state index is 13.1. The van der Waals surface area contributed by atoms with Crippen molar-refractivity contribution in [3.8, 4) is 17.2 Å². The van der Waals surface area contributed by atoms with Crippen molar-refractivity contribution in [2.45, 2.75) is 6.61 Å². The largest absolute Gasteiger partial charge is 0.484 e. The highest BCUT2D eigenvalue weighted by Crippen LogP contribution is 2.21. The summed E-state index contributed by atoms with van der Waals surface area (Å²) in [5.74, 6) is -1.12. The van der Waals surface area contributed by atoms with E-state index >= 15 is 0 Å². The summed E-state index contributed by atoms with van der Waals surface area (Å²) in [6.45, 7) is -0.0331. The van der Waals surface area contributed by atoms with Crippen molar-refractivity contribution < 1.29 is 17.9 Å². The predicted molar refractivity (Wildman–Crippen MR) is 78.1 cm³/mol. The Balaban J connectivity index is 1.69. The van der Waals surface area contributed by atoms with Gasteiger partial charge in [0.1, 0.15) is 5.75 Å². The normalized spacial score (nSPS) is 10.7. The van der Waals surface area contributed by atoms with Gasteiger partial charge in [-0.25, -0.2) is 8.78 Å². The van der Waals surface area contributed by atoms with E-state index in [1.54, 1.807) is 0 Å². The quantitative estimate of drug-likeness (QED) is 0.688. The van der Waals surface area contributed by atoms with E-state index in [1.165, 1.54) is 6.07 Å². The lowest BCUT2D eigenvalue weighted by molar-refractivity contribution is 0.262. The Morgan fingerprint density at radius 1 is 1.00 bits per heavy atom. The molecule has 0 unspecified atom stereocenters. The van der Waals surface area contributed by atoms with Crippen molar-refractivity contribution in [1.82, 2.24) is 10.2 Å². The summed E-state index contributed by atoms with van der Waals surface area (Å²) in [7, 11) is 0. The lowest BCUT2D eigenvalue weighted by Gasteiger charge is -2.03. The van der Waals surface area contributed by atoms with Gasteiger partial charge in [-0.05, 0) is 36.4 Å². The van der Waals surface area contributed by atoms with E-state index in [1.807, 2.05) is 24.3 Å². The van der Waals surface area contributed by atoms with Gasteiger partial charge in [0.15, 0.2) is 18.2 Å². The van der Waals surface area contributed by atoms with Gasteiger partial charge in [-0.2, -0.15) is 0 Å². The zero-order valence-electron chi connectivity index (χ0n) is 11.1. The standard InChI is InChI=1S/C15H9BrF2N2O2/c16-10-3-1-9(2-4-10)15-20-19-14(22-15)8-21-11-5-6-12(17)13(18)7-11/h1-7H,8H2. The molecule has 4 nitrogen and oxygen atoms in total. The Morgan fingerprint density at radius 3 is 2.50 bits per heavy atom. The van der Waals surface area contributed by atoms with Crippen molar-refractivity contribution in [1.29, 1.82) is 0 Å². The molecule has 0 aliphatic carbocycles. The number of halogens is 3. The zero-order chi connectivity index (χ0) is 15.5. The molecule has 0 fully saturated rings. The van der Waals surface area contributed by atoms with Crippen LogP contribution in [-0.4, -0.2) is 10.2 Å². The fourth-order valence-electron chi connectivity index (χ4n) is 1.73. The number of aromatic nitrogens is 2. The lowest BCUT2D eigenvalue weighted by Crippen LogP contribution is -1.96. The molecule has 0 saturated carbocycles. The van der Waals surface area contributed by atoms with E-state index in [0.717, 1.165) is 22.2 Å². The second-order valence-corrected chi connectivity index (χ2v) is 5.29. The van der Waals surface area contributed by atoms with Gasteiger partial charge in [0.05, 0.1) is 0 Å². The number of rotatable bonds is 4. The van der Waals surface area contributed by atoms with Crippen LogP contribution in [0.4, 0.5) is 8.78 Å². The minimum atomic E-state index is -0.974. The molecule has 0 aliphatic heterocycles. The van der Waals surface area contributed by atoms with E-state index in [0.29, 0.717) is 5.89 Å². The van der Waals surface area contributed by atoms with Gasteiger partial charge in [0.25, 0.3) is 5.89 Å². The molecule has 0 bridgehead atoms. The highest BCUT2D eigenvalue weighted by Gasteiger charge is 2.10. The highest BCUT2D eigenvalue weighted by molar-refractivity contribution is 9.10. The smallest absolute Gasteiger partial charge is 0.254 e. The van der Waals surface area contributed by atoms with Crippen molar-refractivity contribution in [2.75, 3.05) is 0 Å². The summed E-state index contributed by atoms with van der Waals surface area (Å²) in [5, 5.41) is 7.76. The van der Waals surface area contributed by atoms with Crippen molar-refractivity contribution in [3.63, 3.8) is 0 Å². The summed E-state index contributed by atoms with van der Waals surface area (Å²) >= 11 is 3.34. The number of benzene rings is 2. The number of nitrogens with zero attached hydrogens (tertiary/aromatic N) is 2. The molecule has 0 saturated heterocycles. The molecule has 0 spiro atoms. The Labute approximate surface area is 132 Å². The molecule has 7 heteroatoms. The topological polar surface area (TPSA) is 48.2 Å². The van der Waals surface area contributed by atoms with Crippen LogP contribution in [-0.2, 0) is 6.61 Å². The number of hydrogen-bond acceptors (Lipinski definition) is 4. The van der Waals surface area contributed by atoms with Crippen LogP contribution in [0.3, 0.4) is 0 Å². The molecular formula is C15H9BrF2N2O2. The van der Waals surface area contributed by atoms with Gasteiger partial charge in [0, 0.05) is 16.1 Å². The molecule has 112 valence electrons. The van der Waals surface area contributed by atoms with Gasteiger partial charge in [-0.15, -0.1) is 10.2 Å². The highest BCUT2D eigenvalue weighted by atomic mass is 79.9. The molecule has 0 aliphatic rings. The van der Waals surface area contributed by atoms with Crippen LogP contribution >= 0.6 is 15.9 Å². The summed E-state index contributed by atoms with van der Waals surface area (Å²) in [6.07, 6.45) is 0. The molecular weight excluding hydrogens is 358 g/mol. The summed E-state index contributed by atoms with van der Waals surface area (Å²) in [4.78, 5) is 0. The molecule has 1 aromatic heterocycles. The second-order valence-electron chi connectivity index (χ2n) is 4.37. The van der Waals surface area contributed by atoms with Crippen molar-refractivity contribution in [3.05, 3.63) is 64.5 Å². The molecule has 3 rings (SSSR count). The second kappa shape index (κ2) is 6.23. The van der Waals surface area contributed by atoms with E-state index in [9.17, 15) is 8.78 Å². The average Bonchev–Trinajstić information content (AvgIpc) is 2.98. The first-order valence-electron chi connectivity index (χ1n) is 6.28. The SMILES string of the molecule is Fc1ccc(OCc2nnc(-c3ccc(Br)cc3)o2)cc1F. The zero-order valence-corrected chi connectivity index (χ0v) is 12.7. The first kappa shape index (κ1) is 14.6. The van der Waals surface area contributed by atoms with Crippen LogP contribution < -0.4 is 4.74 Å². The van der Waals surface area contributed by atoms with E-state index in [2.05, 4.69) is 26.1 Å². The molecule has 0 amide bonds. The van der Waals surface area contributed by atoms with Crippen LogP contribution in [0, 0.1) is 11.6 Å². The maximum absolute atomic E-state index is 13.1. The average molecular weight is 367 g/mol. The monoisotopic (exact) mass is 366 g/mol. The molecule has 0 N–H and O–H groups in total. The Morgan fingerprint density at radius 2 is 1.77 bits per heavy atom. The van der Waals surface area contributed by atoms with Crippen LogP contribution in [0.15, 0.2) is 51.4 Å². The first-order valence-corrected chi connectivity index (χ1v) is 7.07. The third-order valence-corrected chi connectivity index (χ3v) is 3.34. The van der Waals surface area contributed by atoms with Crippen LogP contribution in [0.5, 0.6) is 5.75 Å². The van der Waals surface area contributed by atoms with Gasteiger partial charge in [-0.1, -0.05) is 15.9 Å². The molecule has 3 aromatic rings. The predicted octanol–water partition coefficient (Wildman–Crippen LogP) is 4.36. The Hall–Kier alpha value is -2.28. The number of ether oxygens (including phenoxy) is 1. The van der Waals surface area contributed by atoms with E-state index in [4.69, 9.17) is 9.15 Å². The van der Waals surface area contributed by atoms with Crippen LogP contribution in [0.1, 0.15) is 5.89 Å². The first-order chi connectivity index (χ1) is 10.6. The lowest BCUT2D eigenvalue weighted by atomic mass is 10.2. The van der Waals surface area contributed by atoms with Gasteiger partial charge in [0.2, 0.25) is 5.89 Å². The van der Waals surface area contributed by atoms with Gasteiger partial charge in [-0.3, -0.25) is 0 Å². The molecule has 1 heterocycles. The third kappa shape index (κ3) is 3.30. The summed E-state index contributed by atoms with van der Waals surface area (Å²) in [5.41, 5.74) is 0.773. The molecule has 22 heavy (non-hydrogen) atoms. The minimum Gasteiger partial charge on any atom is -0.484 e. The minimum absolute atomic E-state index is 0.0331. The van der Waals surface area contributed by atoms with Crippen molar-refractivity contribution in [2.24, 2.45) is 0 Å². The molecule has 2 aromatic carbocycles. The van der Waals surface area contributed by atoms with E-state index < -0.39 is 11.6 Å². The Kier molecular flexibility index (Phi) is 4.15. The van der Waals surface area contributed by atoms with Gasteiger partial charge < -0.3 is 9.15 Å². The molecule has 0 radical (unpaired) electrons. The maximum Gasteiger partial charge on any atom is 0.254 e. The summed E-state index contributed by atoms with van der Waals surface area (Å²) < 4.78 is 37.5.